The van der Waals surface area contributed by atoms with E-state index in [9.17, 15) is 14.4 Å². The van der Waals surface area contributed by atoms with Crippen molar-refractivity contribution >= 4 is 29.5 Å². The topological polar surface area (TPSA) is 102 Å². The van der Waals surface area contributed by atoms with Crippen LogP contribution in [0.3, 0.4) is 0 Å². The summed E-state index contributed by atoms with van der Waals surface area (Å²) in [5, 5.41) is 3.17. The average Bonchev–Trinajstić information content (AvgIpc) is 2.71. The molecular formula is C22H26ClN3O4. The highest BCUT2D eigenvalue weighted by Crippen LogP contribution is 2.17. The van der Waals surface area contributed by atoms with Crippen LogP contribution in [0, 0.1) is 5.92 Å². The Morgan fingerprint density at radius 3 is 2.17 bits per heavy atom. The lowest BCUT2D eigenvalue weighted by atomic mass is 10.0. The van der Waals surface area contributed by atoms with Crippen LogP contribution in [0.2, 0.25) is 5.02 Å². The van der Waals surface area contributed by atoms with Gasteiger partial charge in [-0.3, -0.25) is 9.59 Å². The Hall–Kier alpha value is -3.06. The first-order chi connectivity index (χ1) is 14.2. The molecule has 3 amide bonds. The molecule has 0 aliphatic carbocycles. The summed E-state index contributed by atoms with van der Waals surface area (Å²) < 4.78 is 5.24. The Morgan fingerprint density at radius 1 is 1.03 bits per heavy atom. The minimum Gasteiger partial charge on any atom is -0.410 e. The van der Waals surface area contributed by atoms with Gasteiger partial charge in [-0.2, -0.15) is 0 Å². The second-order valence-corrected chi connectivity index (χ2v) is 7.68. The van der Waals surface area contributed by atoms with E-state index in [1.807, 2.05) is 0 Å². The highest BCUT2D eigenvalue weighted by atomic mass is 35.5. The van der Waals surface area contributed by atoms with Crippen LogP contribution in [-0.2, 0) is 16.1 Å². The molecule has 2 aromatic carbocycles. The summed E-state index contributed by atoms with van der Waals surface area (Å²) in [5.41, 5.74) is 6.24. The van der Waals surface area contributed by atoms with Crippen LogP contribution in [0.1, 0.15) is 26.3 Å². The van der Waals surface area contributed by atoms with Crippen molar-refractivity contribution < 1.29 is 19.1 Å². The average molecular weight is 432 g/mol. The van der Waals surface area contributed by atoms with Gasteiger partial charge in [0.2, 0.25) is 11.8 Å². The molecule has 2 aromatic rings. The molecule has 3 N–H and O–H groups in total. The van der Waals surface area contributed by atoms with Crippen molar-refractivity contribution in [1.82, 2.24) is 10.2 Å². The van der Waals surface area contributed by atoms with Gasteiger partial charge in [0.25, 0.3) is 0 Å². The molecule has 8 heteroatoms. The third-order valence-corrected chi connectivity index (χ3v) is 4.84. The molecule has 0 fully saturated rings. The summed E-state index contributed by atoms with van der Waals surface area (Å²) >= 11 is 5.92. The smallest absolute Gasteiger partial charge is 0.410 e. The van der Waals surface area contributed by atoms with Crippen molar-refractivity contribution in [2.45, 2.75) is 39.4 Å². The van der Waals surface area contributed by atoms with Crippen molar-refractivity contribution in [2.24, 2.45) is 11.7 Å². The highest BCUT2D eigenvalue weighted by Gasteiger charge is 2.33. The number of hydrogen-bond acceptors (Lipinski definition) is 4. The maximum atomic E-state index is 13.3. The van der Waals surface area contributed by atoms with Gasteiger partial charge < -0.3 is 20.7 Å². The number of primary amides is 1. The van der Waals surface area contributed by atoms with E-state index in [0.717, 1.165) is 5.56 Å². The second-order valence-electron chi connectivity index (χ2n) is 7.24. The van der Waals surface area contributed by atoms with Gasteiger partial charge in [0.1, 0.15) is 17.8 Å². The number of nitrogens with one attached hydrogen (secondary N) is 1. The number of halogens is 1. The monoisotopic (exact) mass is 431 g/mol. The molecule has 0 heterocycles. The molecule has 2 rings (SSSR count). The van der Waals surface area contributed by atoms with Crippen molar-refractivity contribution in [3.8, 4) is 5.75 Å². The maximum Gasteiger partial charge on any atom is 0.413 e. The molecule has 30 heavy (non-hydrogen) atoms. The van der Waals surface area contributed by atoms with E-state index in [0.29, 0.717) is 10.8 Å². The second kappa shape index (κ2) is 10.6. The number of ether oxygens (including phenoxy) is 1. The lowest BCUT2D eigenvalue weighted by Crippen LogP contribution is -2.56. The van der Waals surface area contributed by atoms with Gasteiger partial charge in [-0.1, -0.05) is 55.8 Å². The Kier molecular flexibility index (Phi) is 8.24. The van der Waals surface area contributed by atoms with Gasteiger partial charge in [-0.25, -0.2) is 4.79 Å². The van der Waals surface area contributed by atoms with Gasteiger partial charge >= 0.3 is 6.09 Å². The molecule has 0 aromatic heterocycles. The van der Waals surface area contributed by atoms with Gasteiger partial charge in [-0.05, 0) is 42.7 Å². The summed E-state index contributed by atoms with van der Waals surface area (Å²) in [6.07, 6.45) is -0.758. The van der Waals surface area contributed by atoms with Gasteiger partial charge in [-0.15, -0.1) is 0 Å². The molecule has 7 nitrogen and oxygen atoms in total. The minimum atomic E-state index is -0.907. The van der Waals surface area contributed by atoms with Crippen molar-refractivity contribution in [2.75, 3.05) is 0 Å². The normalized spacial score (nSPS) is 12.7. The fourth-order valence-electron chi connectivity index (χ4n) is 2.79. The molecule has 0 bridgehead atoms. The third-order valence-electron chi connectivity index (χ3n) is 4.59. The molecule has 0 saturated heterocycles. The zero-order valence-electron chi connectivity index (χ0n) is 17.2. The Balaban J connectivity index is 2.20. The zero-order valence-corrected chi connectivity index (χ0v) is 17.9. The fourth-order valence-corrected chi connectivity index (χ4v) is 2.92. The first-order valence-corrected chi connectivity index (χ1v) is 9.94. The van der Waals surface area contributed by atoms with Crippen LogP contribution in [0.15, 0.2) is 54.6 Å². The van der Waals surface area contributed by atoms with Crippen LogP contribution in [0.25, 0.3) is 0 Å². The van der Waals surface area contributed by atoms with Gasteiger partial charge in [0, 0.05) is 11.6 Å². The molecule has 0 aliphatic heterocycles. The third kappa shape index (κ3) is 6.49. The number of para-hydroxylation sites is 1. The van der Waals surface area contributed by atoms with Crippen LogP contribution in [0.5, 0.6) is 5.75 Å². The zero-order chi connectivity index (χ0) is 22.3. The molecule has 0 saturated carbocycles. The molecule has 1 unspecified atom stereocenters. The first kappa shape index (κ1) is 23.2. The SMILES string of the molecule is CC(C)[C@H](NC(=O)Oc1ccccc1)C(=O)N(Cc1ccc(Cl)cc1)C(C)C(N)=O. The van der Waals surface area contributed by atoms with E-state index in [-0.39, 0.29) is 12.5 Å². The number of carbonyl (C=O) groups is 3. The van der Waals surface area contributed by atoms with Crippen LogP contribution >= 0.6 is 11.6 Å². The van der Waals surface area contributed by atoms with Crippen LogP contribution < -0.4 is 15.8 Å². The molecule has 0 radical (unpaired) electrons. The number of nitrogens with two attached hydrogens (primary N) is 1. The molecule has 2 atom stereocenters. The van der Waals surface area contributed by atoms with Crippen molar-refractivity contribution in [3.05, 3.63) is 65.2 Å². The standard InChI is InChI=1S/C22H26ClN3O4/c1-14(2)19(25-22(29)30-18-7-5-4-6-8-18)21(28)26(15(3)20(24)27)13-16-9-11-17(23)12-10-16/h4-12,14-15,19H,13H2,1-3H3,(H2,24,27)(H,25,29)/t15?,19-/m0/s1. The largest absolute Gasteiger partial charge is 0.413 e. The predicted octanol–water partition coefficient (Wildman–Crippen LogP) is 3.36. The first-order valence-electron chi connectivity index (χ1n) is 9.56. The lowest BCUT2D eigenvalue weighted by Gasteiger charge is -2.32. The van der Waals surface area contributed by atoms with Crippen LogP contribution in [-0.4, -0.2) is 34.9 Å². The van der Waals surface area contributed by atoms with Gasteiger partial charge in [0.05, 0.1) is 0 Å². The van der Waals surface area contributed by atoms with Crippen molar-refractivity contribution in [3.63, 3.8) is 0 Å². The minimum absolute atomic E-state index is 0.138. The quantitative estimate of drug-likeness (QED) is 0.669. The fraction of sp³-hybridized carbons (Fsp3) is 0.318. The van der Waals surface area contributed by atoms with Crippen molar-refractivity contribution in [1.29, 1.82) is 0 Å². The summed E-state index contributed by atoms with van der Waals surface area (Å²) in [6.45, 7) is 5.27. The van der Waals surface area contributed by atoms with E-state index < -0.39 is 30.0 Å². The maximum absolute atomic E-state index is 13.3. The van der Waals surface area contributed by atoms with Gasteiger partial charge in [0.15, 0.2) is 0 Å². The summed E-state index contributed by atoms with van der Waals surface area (Å²) in [6, 6.07) is 13.7. The summed E-state index contributed by atoms with van der Waals surface area (Å²) in [7, 11) is 0. The number of amides is 3. The number of carbonyl (C=O) groups excluding carboxylic acids is 3. The lowest BCUT2D eigenvalue weighted by molar-refractivity contribution is -0.142. The number of benzene rings is 2. The number of nitrogens with zero attached hydrogens (tertiary/aromatic N) is 1. The van der Waals surface area contributed by atoms with E-state index in [1.165, 1.54) is 4.90 Å². The van der Waals surface area contributed by atoms with Crippen LogP contribution in [0.4, 0.5) is 4.79 Å². The van der Waals surface area contributed by atoms with E-state index in [1.54, 1.807) is 75.4 Å². The number of rotatable bonds is 8. The van der Waals surface area contributed by atoms with E-state index in [4.69, 9.17) is 22.1 Å². The van der Waals surface area contributed by atoms with E-state index >= 15 is 0 Å². The predicted molar refractivity (Wildman–Crippen MR) is 115 cm³/mol. The molecule has 160 valence electrons. The molecular weight excluding hydrogens is 406 g/mol. The number of hydrogen-bond donors (Lipinski definition) is 2. The van der Waals surface area contributed by atoms with E-state index in [2.05, 4.69) is 5.32 Å². The Bertz CT molecular complexity index is 872. The Labute approximate surface area is 181 Å². The Morgan fingerprint density at radius 2 is 1.63 bits per heavy atom. The summed E-state index contributed by atoms with van der Waals surface area (Å²) in [4.78, 5) is 38.8. The highest BCUT2D eigenvalue weighted by molar-refractivity contribution is 6.30. The summed E-state index contributed by atoms with van der Waals surface area (Å²) in [5.74, 6) is -0.981. The molecule has 0 aliphatic rings. The molecule has 0 spiro atoms.